The number of hydrogen-bond donors (Lipinski definition) is 0. The van der Waals surface area contributed by atoms with E-state index in [0.717, 1.165) is 51.6 Å². The van der Waals surface area contributed by atoms with Crippen LogP contribution in [0.3, 0.4) is 0 Å². The van der Waals surface area contributed by atoms with Crippen molar-refractivity contribution in [3.63, 3.8) is 0 Å². The van der Waals surface area contributed by atoms with E-state index >= 15 is 0 Å². The molecular weight excluding hydrogens is 423 g/mol. The van der Waals surface area contributed by atoms with Gasteiger partial charge in [0.25, 0.3) is 0 Å². The van der Waals surface area contributed by atoms with Crippen molar-refractivity contribution in [1.29, 1.82) is 0 Å². The maximum atomic E-state index is 14.2. The number of fused-ring (bicyclic) bond motifs is 1. The summed E-state index contributed by atoms with van der Waals surface area (Å²) in [4.78, 5) is 23.6. The first kappa shape index (κ1) is 25.8. The van der Waals surface area contributed by atoms with Crippen LogP contribution in [-0.4, -0.2) is 44.0 Å². The van der Waals surface area contributed by atoms with Crippen molar-refractivity contribution < 1.29 is 28.2 Å². The van der Waals surface area contributed by atoms with Crippen molar-refractivity contribution in [2.24, 2.45) is 17.8 Å². The van der Waals surface area contributed by atoms with Gasteiger partial charge in [-0.15, -0.1) is 0 Å². The van der Waals surface area contributed by atoms with E-state index in [1.54, 1.807) is 0 Å². The number of halogens is 1. The summed E-state index contributed by atoms with van der Waals surface area (Å²) in [5.74, 6) is 0.108. The van der Waals surface area contributed by atoms with Crippen LogP contribution in [0.25, 0.3) is 0 Å². The summed E-state index contributed by atoms with van der Waals surface area (Å²) < 4.78 is 31.0. The van der Waals surface area contributed by atoms with E-state index in [1.165, 1.54) is 18.8 Å². The summed E-state index contributed by atoms with van der Waals surface area (Å²) in [6.07, 6.45) is 15.9. The third kappa shape index (κ3) is 7.61. The summed E-state index contributed by atoms with van der Waals surface area (Å²) in [6.45, 7) is 2.72. The molecule has 6 heteroatoms. The third-order valence-corrected chi connectivity index (χ3v) is 7.02. The van der Waals surface area contributed by atoms with Crippen LogP contribution in [0.1, 0.15) is 71.1 Å². The zero-order valence-electron chi connectivity index (χ0n) is 20.0. The van der Waals surface area contributed by atoms with Crippen molar-refractivity contribution in [2.45, 2.75) is 89.7 Å². The molecule has 0 aromatic rings. The van der Waals surface area contributed by atoms with Gasteiger partial charge in [-0.2, -0.15) is 0 Å². The molecule has 1 heterocycles. The first-order valence-electron chi connectivity index (χ1n) is 12.6. The van der Waals surface area contributed by atoms with E-state index < -0.39 is 12.0 Å². The Hall–Kier alpha value is -1.79. The Bertz CT molecular complexity index is 737. The number of alkyl halides is 1. The normalized spacial score (nSPS) is 30.5. The lowest BCUT2D eigenvalue weighted by Crippen LogP contribution is -2.31. The van der Waals surface area contributed by atoms with Gasteiger partial charge in [0.15, 0.2) is 18.2 Å². The molecule has 0 bridgehead atoms. The van der Waals surface area contributed by atoms with Gasteiger partial charge < -0.3 is 14.2 Å². The lowest BCUT2D eigenvalue weighted by Gasteiger charge is -2.29. The molecule has 4 unspecified atom stereocenters. The number of methoxy groups -OCH3 is 1. The highest BCUT2D eigenvalue weighted by molar-refractivity contribution is 5.93. The summed E-state index contributed by atoms with van der Waals surface area (Å²) in [7, 11) is 1.40. The average Bonchev–Trinajstić information content (AvgIpc) is 3.36. The number of carbonyl (C=O) groups excluding carboxylic acids is 2. The summed E-state index contributed by atoms with van der Waals surface area (Å²) in [5, 5.41) is 0. The number of ether oxygens (including phenoxy) is 3. The molecule has 1 aliphatic heterocycles. The molecule has 6 atom stereocenters. The molecular formula is C27H39FO5. The van der Waals surface area contributed by atoms with Crippen molar-refractivity contribution >= 4 is 11.8 Å². The molecule has 5 nitrogen and oxygen atoms in total. The highest BCUT2D eigenvalue weighted by atomic mass is 19.1. The Balaban J connectivity index is 1.63. The van der Waals surface area contributed by atoms with E-state index in [2.05, 4.69) is 16.9 Å². The molecule has 2 fully saturated rings. The Morgan fingerprint density at radius 2 is 2.18 bits per heavy atom. The van der Waals surface area contributed by atoms with Gasteiger partial charge in [-0.3, -0.25) is 9.59 Å². The number of rotatable bonds is 12. The van der Waals surface area contributed by atoms with E-state index in [1.807, 2.05) is 19.1 Å². The minimum Gasteiger partial charge on any atom is -0.469 e. The predicted octanol–water partition coefficient (Wildman–Crippen LogP) is 5.64. The Morgan fingerprint density at radius 3 is 2.91 bits per heavy atom. The standard InChI is InChI=1S/C27H39FO5/c1-3-4-10-23(28)24(29)14-13-21-22-17-19(9-5-6-11-26(30)31-2)16-20(22)18-25(21)33-27-12-7-8-15-32-27/h5,9,13-14,16,20-23,25,27H,3-4,6-8,10-12,15,17-18H2,1-2H3/b9-5+,14-13+/t20?,21-,22?,23?,25-,27?/m1/s1. The quantitative estimate of drug-likeness (QED) is 0.277. The van der Waals surface area contributed by atoms with Crippen molar-refractivity contribution in [1.82, 2.24) is 0 Å². The minimum atomic E-state index is -1.42. The third-order valence-electron chi connectivity index (χ3n) is 7.02. The van der Waals surface area contributed by atoms with Gasteiger partial charge in [-0.05, 0) is 62.9 Å². The molecule has 1 saturated heterocycles. The monoisotopic (exact) mass is 462 g/mol. The molecule has 184 valence electrons. The van der Waals surface area contributed by atoms with Gasteiger partial charge in [0.05, 0.1) is 13.2 Å². The number of esters is 1. The Kier molecular flexibility index (Phi) is 10.3. The van der Waals surface area contributed by atoms with Crippen molar-refractivity contribution in [3.8, 4) is 0 Å². The van der Waals surface area contributed by atoms with Crippen LogP contribution >= 0.6 is 0 Å². The highest BCUT2D eigenvalue weighted by Gasteiger charge is 2.45. The number of hydrogen-bond acceptors (Lipinski definition) is 5. The molecule has 0 amide bonds. The second-order valence-electron chi connectivity index (χ2n) is 9.45. The molecule has 0 aromatic heterocycles. The second-order valence-corrected chi connectivity index (χ2v) is 9.45. The van der Waals surface area contributed by atoms with E-state index in [-0.39, 0.29) is 30.7 Å². The maximum Gasteiger partial charge on any atom is 0.305 e. The Morgan fingerprint density at radius 1 is 1.33 bits per heavy atom. The topological polar surface area (TPSA) is 61.8 Å². The van der Waals surface area contributed by atoms with Gasteiger partial charge in [0.2, 0.25) is 0 Å². The van der Waals surface area contributed by atoms with Gasteiger partial charge in [0, 0.05) is 18.9 Å². The molecule has 1 saturated carbocycles. The van der Waals surface area contributed by atoms with Crippen LogP contribution in [0.2, 0.25) is 0 Å². The fourth-order valence-corrected chi connectivity index (χ4v) is 5.18. The SMILES string of the molecule is CCCCC(F)C(=O)/C=C/[C@@H]1C2CC(/C=C/CCC(=O)OC)=CC2C[C@H]1OC1CCCCO1. The van der Waals surface area contributed by atoms with Crippen LogP contribution < -0.4 is 0 Å². The molecule has 0 spiro atoms. The molecule has 0 aromatic carbocycles. The summed E-state index contributed by atoms with van der Waals surface area (Å²) in [6, 6.07) is 0. The second kappa shape index (κ2) is 13.2. The summed E-state index contributed by atoms with van der Waals surface area (Å²) >= 11 is 0. The lowest BCUT2D eigenvalue weighted by atomic mass is 9.89. The maximum absolute atomic E-state index is 14.2. The van der Waals surface area contributed by atoms with Crippen molar-refractivity contribution in [2.75, 3.05) is 13.7 Å². The number of carbonyl (C=O) groups is 2. The fourth-order valence-electron chi connectivity index (χ4n) is 5.18. The van der Waals surface area contributed by atoms with E-state index in [9.17, 15) is 14.0 Å². The first-order valence-corrected chi connectivity index (χ1v) is 12.6. The van der Waals surface area contributed by atoms with Crippen LogP contribution in [0.4, 0.5) is 4.39 Å². The van der Waals surface area contributed by atoms with E-state index in [0.29, 0.717) is 24.7 Å². The van der Waals surface area contributed by atoms with E-state index in [4.69, 9.17) is 9.47 Å². The Labute approximate surface area is 197 Å². The molecule has 33 heavy (non-hydrogen) atoms. The first-order chi connectivity index (χ1) is 16.0. The minimum absolute atomic E-state index is 0.0260. The number of unbranched alkanes of at least 4 members (excludes halogenated alkanes) is 1. The zero-order valence-corrected chi connectivity index (χ0v) is 20.0. The molecule has 2 aliphatic carbocycles. The van der Waals surface area contributed by atoms with Gasteiger partial charge in [0.1, 0.15) is 0 Å². The average molecular weight is 463 g/mol. The smallest absolute Gasteiger partial charge is 0.305 e. The summed E-state index contributed by atoms with van der Waals surface area (Å²) in [5.41, 5.74) is 1.25. The molecule has 0 N–H and O–H groups in total. The number of allylic oxidation sites excluding steroid dienone is 5. The number of ketones is 1. The molecule has 0 radical (unpaired) electrons. The lowest BCUT2D eigenvalue weighted by molar-refractivity contribution is -0.192. The predicted molar refractivity (Wildman–Crippen MR) is 125 cm³/mol. The highest BCUT2D eigenvalue weighted by Crippen LogP contribution is 2.49. The molecule has 3 rings (SSSR count). The zero-order chi connectivity index (χ0) is 23.6. The van der Waals surface area contributed by atoms with Gasteiger partial charge in [-0.25, -0.2) is 4.39 Å². The largest absolute Gasteiger partial charge is 0.469 e. The van der Waals surface area contributed by atoms with Gasteiger partial charge in [-0.1, -0.05) is 49.6 Å². The molecule has 3 aliphatic rings. The van der Waals surface area contributed by atoms with Crippen molar-refractivity contribution in [3.05, 3.63) is 36.0 Å². The fraction of sp³-hybridized carbons (Fsp3) is 0.704. The van der Waals surface area contributed by atoms with Gasteiger partial charge >= 0.3 is 5.97 Å². The van der Waals surface area contributed by atoms with Crippen LogP contribution in [0.5, 0.6) is 0 Å². The van der Waals surface area contributed by atoms with Crippen LogP contribution in [0.15, 0.2) is 36.0 Å². The van der Waals surface area contributed by atoms with Crippen LogP contribution in [0, 0.1) is 17.8 Å². The van der Waals surface area contributed by atoms with Crippen LogP contribution in [-0.2, 0) is 23.8 Å².